The second kappa shape index (κ2) is 5.76. The number of aliphatic carboxylic acids is 1. The van der Waals surface area contributed by atoms with E-state index in [1.807, 2.05) is 0 Å². The van der Waals surface area contributed by atoms with Crippen LogP contribution < -0.4 is 5.32 Å². The van der Waals surface area contributed by atoms with E-state index in [-0.39, 0.29) is 11.6 Å². The van der Waals surface area contributed by atoms with Gasteiger partial charge in [-0.25, -0.2) is 9.48 Å². The average Bonchev–Trinajstić information content (AvgIpc) is 3.21. The molecule has 1 saturated carbocycles. The molecule has 0 aliphatic heterocycles. The lowest BCUT2D eigenvalue weighted by Gasteiger charge is -2.11. The summed E-state index contributed by atoms with van der Waals surface area (Å²) in [6.45, 7) is 0. The molecule has 1 unspecified atom stereocenters. The molecule has 114 valence electrons. The minimum absolute atomic E-state index is 0.0000580. The number of carbonyl (C=O) groups excluding carboxylic acids is 1. The predicted octanol–water partition coefficient (Wildman–Crippen LogP) is 1.51. The predicted molar refractivity (Wildman–Crippen MR) is 78.0 cm³/mol. The van der Waals surface area contributed by atoms with Gasteiger partial charge in [0.25, 0.3) is 5.91 Å². The molecule has 1 aliphatic carbocycles. The molecule has 8 heteroatoms. The zero-order valence-corrected chi connectivity index (χ0v) is 12.2. The van der Waals surface area contributed by atoms with E-state index in [1.165, 1.54) is 10.9 Å². The van der Waals surface area contributed by atoms with Gasteiger partial charge in [0.2, 0.25) is 0 Å². The minimum Gasteiger partial charge on any atom is -0.480 e. The molecular weight excluding hydrogens is 308 g/mol. The van der Waals surface area contributed by atoms with Gasteiger partial charge in [0.05, 0.1) is 16.9 Å². The molecule has 22 heavy (non-hydrogen) atoms. The van der Waals surface area contributed by atoms with Crippen LogP contribution in [0.4, 0.5) is 0 Å². The highest BCUT2D eigenvalue weighted by molar-refractivity contribution is 6.32. The Labute approximate surface area is 130 Å². The van der Waals surface area contributed by atoms with Gasteiger partial charge in [0.15, 0.2) is 5.69 Å². The molecule has 2 N–H and O–H groups in total. The summed E-state index contributed by atoms with van der Waals surface area (Å²) in [7, 11) is 0. The number of carboxylic acids is 1. The van der Waals surface area contributed by atoms with Gasteiger partial charge >= 0.3 is 5.97 Å². The molecule has 0 radical (unpaired) electrons. The van der Waals surface area contributed by atoms with Crippen LogP contribution in [0, 0.1) is 5.92 Å². The number of aromatic nitrogens is 3. The van der Waals surface area contributed by atoms with E-state index in [0.717, 1.165) is 12.8 Å². The summed E-state index contributed by atoms with van der Waals surface area (Å²) in [5.74, 6) is -1.59. The summed E-state index contributed by atoms with van der Waals surface area (Å²) < 4.78 is 1.38. The van der Waals surface area contributed by atoms with Gasteiger partial charge in [-0.2, -0.15) is 0 Å². The number of nitrogens with one attached hydrogen (secondary N) is 1. The third kappa shape index (κ3) is 2.94. The fourth-order valence-electron chi connectivity index (χ4n) is 2.15. The largest absolute Gasteiger partial charge is 0.480 e. The standard InChI is InChI=1S/C14H13ClN4O3/c15-9-3-1-2-4-11(9)19-7-10(17-18-19)13(20)16-12(14(21)22)8-5-6-8/h1-4,7-8,12H,5-6H2,(H,16,20)(H,21,22). The molecule has 0 bridgehead atoms. The fraction of sp³-hybridized carbons (Fsp3) is 0.286. The summed E-state index contributed by atoms with van der Waals surface area (Å²) in [6, 6.07) is 6.13. The Morgan fingerprint density at radius 1 is 1.36 bits per heavy atom. The van der Waals surface area contributed by atoms with Crippen LogP contribution in [0.1, 0.15) is 23.3 Å². The normalized spacial score (nSPS) is 15.3. The van der Waals surface area contributed by atoms with E-state index < -0.39 is 17.9 Å². The molecule has 2 aromatic rings. The summed E-state index contributed by atoms with van der Waals surface area (Å²) >= 11 is 6.06. The maximum absolute atomic E-state index is 12.1. The molecular formula is C14H13ClN4O3. The highest BCUT2D eigenvalue weighted by Crippen LogP contribution is 2.32. The van der Waals surface area contributed by atoms with Crippen molar-refractivity contribution in [1.29, 1.82) is 0 Å². The summed E-state index contributed by atoms with van der Waals surface area (Å²) in [5.41, 5.74) is 0.638. The van der Waals surface area contributed by atoms with Crippen LogP contribution in [0.5, 0.6) is 0 Å². The Kier molecular flexibility index (Phi) is 3.81. The molecule has 0 spiro atoms. The van der Waals surface area contributed by atoms with Crippen LogP contribution >= 0.6 is 11.6 Å². The van der Waals surface area contributed by atoms with Gasteiger partial charge in [-0.05, 0) is 30.9 Å². The molecule has 0 saturated heterocycles. The number of hydrogen-bond acceptors (Lipinski definition) is 4. The van der Waals surface area contributed by atoms with Crippen molar-refractivity contribution in [1.82, 2.24) is 20.3 Å². The minimum atomic E-state index is -1.03. The van der Waals surface area contributed by atoms with Gasteiger partial charge in [-0.1, -0.05) is 28.9 Å². The number of rotatable bonds is 5. The maximum Gasteiger partial charge on any atom is 0.326 e. The number of hydrogen-bond donors (Lipinski definition) is 2. The van der Waals surface area contributed by atoms with E-state index >= 15 is 0 Å². The zero-order chi connectivity index (χ0) is 15.7. The second-order valence-electron chi connectivity index (χ2n) is 5.13. The zero-order valence-electron chi connectivity index (χ0n) is 11.4. The first kappa shape index (κ1) is 14.5. The van der Waals surface area contributed by atoms with Gasteiger partial charge in [-0.3, -0.25) is 4.79 Å². The molecule has 1 amide bonds. The Balaban J connectivity index is 1.77. The lowest BCUT2D eigenvalue weighted by Crippen LogP contribution is -2.42. The second-order valence-corrected chi connectivity index (χ2v) is 5.53. The van der Waals surface area contributed by atoms with E-state index in [4.69, 9.17) is 16.7 Å². The van der Waals surface area contributed by atoms with Crippen LogP contribution in [0.15, 0.2) is 30.5 Å². The van der Waals surface area contributed by atoms with Crippen molar-refractivity contribution < 1.29 is 14.7 Å². The lowest BCUT2D eigenvalue weighted by molar-refractivity contribution is -0.139. The molecule has 7 nitrogen and oxygen atoms in total. The molecule has 1 aromatic heterocycles. The van der Waals surface area contributed by atoms with Crippen LogP contribution in [0.25, 0.3) is 5.69 Å². The molecule has 1 fully saturated rings. The smallest absolute Gasteiger partial charge is 0.326 e. The third-order valence-corrected chi connectivity index (χ3v) is 3.79. The number of carboxylic acid groups (broad SMARTS) is 1. The number of amides is 1. The quantitative estimate of drug-likeness (QED) is 0.870. The molecule has 3 rings (SSSR count). The van der Waals surface area contributed by atoms with Crippen LogP contribution in [0.3, 0.4) is 0 Å². The van der Waals surface area contributed by atoms with Crippen LogP contribution in [-0.4, -0.2) is 38.0 Å². The van der Waals surface area contributed by atoms with Gasteiger partial charge in [0, 0.05) is 0 Å². The van der Waals surface area contributed by atoms with Crippen molar-refractivity contribution in [2.24, 2.45) is 5.92 Å². The first-order valence-electron chi connectivity index (χ1n) is 6.77. The molecule has 1 atom stereocenters. The molecule has 1 heterocycles. The lowest BCUT2D eigenvalue weighted by atomic mass is 10.2. The number of nitrogens with zero attached hydrogens (tertiary/aromatic N) is 3. The van der Waals surface area contributed by atoms with Crippen molar-refractivity contribution in [3.8, 4) is 5.69 Å². The van der Waals surface area contributed by atoms with E-state index in [2.05, 4.69) is 15.6 Å². The summed E-state index contributed by atoms with van der Waals surface area (Å²) in [6.07, 6.45) is 3.04. The Morgan fingerprint density at radius 2 is 2.09 bits per heavy atom. The van der Waals surface area contributed by atoms with Gasteiger partial charge in [0.1, 0.15) is 6.04 Å². The summed E-state index contributed by atoms with van der Waals surface area (Å²) in [4.78, 5) is 23.2. The fourth-order valence-corrected chi connectivity index (χ4v) is 2.37. The van der Waals surface area contributed by atoms with E-state index in [0.29, 0.717) is 10.7 Å². The summed E-state index contributed by atoms with van der Waals surface area (Å²) in [5, 5.41) is 19.7. The number of para-hydroxylation sites is 1. The highest BCUT2D eigenvalue weighted by atomic mass is 35.5. The molecule has 1 aromatic carbocycles. The number of carbonyl (C=O) groups is 2. The SMILES string of the molecule is O=C(NC(C(=O)O)C1CC1)c1cn(-c2ccccc2Cl)nn1. The van der Waals surface area contributed by atoms with Gasteiger partial charge in [-0.15, -0.1) is 5.10 Å². The topological polar surface area (TPSA) is 97.1 Å². The first-order chi connectivity index (χ1) is 10.6. The average molecular weight is 321 g/mol. The van der Waals surface area contributed by atoms with Crippen molar-refractivity contribution in [2.75, 3.05) is 0 Å². The van der Waals surface area contributed by atoms with E-state index in [9.17, 15) is 9.59 Å². The maximum atomic E-state index is 12.1. The third-order valence-electron chi connectivity index (χ3n) is 3.47. The van der Waals surface area contributed by atoms with Crippen molar-refractivity contribution in [3.63, 3.8) is 0 Å². The van der Waals surface area contributed by atoms with Crippen molar-refractivity contribution in [2.45, 2.75) is 18.9 Å². The Morgan fingerprint density at radius 3 is 2.73 bits per heavy atom. The Bertz CT molecular complexity index is 726. The highest BCUT2D eigenvalue weighted by Gasteiger charge is 2.37. The van der Waals surface area contributed by atoms with Crippen molar-refractivity contribution >= 4 is 23.5 Å². The van der Waals surface area contributed by atoms with Crippen LogP contribution in [-0.2, 0) is 4.79 Å². The Hall–Kier alpha value is -2.41. The van der Waals surface area contributed by atoms with Crippen LogP contribution in [0.2, 0.25) is 5.02 Å². The number of halogens is 1. The number of benzene rings is 1. The van der Waals surface area contributed by atoms with E-state index in [1.54, 1.807) is 24.3 Å². The monoisotopic (exact) mass is 320 g/mol. The first-order valence-corrected chi connectivity index (χ1v) is 7.15. The van der Waals surface area contributed by atoms with Crippen molar-refractivity contribution in [3.05, 3.63) is 41.2 Å². The molecule has 1 aliphatic rings. The van der Waals surface area contributed by atoms with Gasteiger partial charge < -0.3 is 10.4 Å².